The highest BCUT2D eigenvalue weighted by molar-refractivity contribution is 7.91. The molecule has 1 aliphatic heterocycles. The molecule has 3 aromatic rings. The molecule has 156 valence electrons. The molecule has 5 rings (SSSR count). The molecule has 1 aromatic carbocycles. The first kappa shape index (κ1) is 19.1. The highest BCUT2D eigenvalue weighted by Crippen LogP contribution is 2.44. The largest absolute Gasteiger partial charge is 0.381 e. The summed E-state index contributed by atoms with van der Waals surface area (Å²) in [6, 6.07) is 9.21. The molecule has 0 radical (unpaired) electrons. The van der Waals surface area contributed by atoms with Gasteiger partial charge in [0.25, 0.3) is 0 Å². The Labute approximate surface area is 176 Å². The Bertz CT molecular complexity index is 1240. The van der Waals surface area contributed by atoms with E-state index in [0.29, 0.717) is 10.8 Å². The molecule has 1 unspecified atom stereocenters. The predicted octanol–water partition coefficient (Wildman–Crippen LogP) is 4.49. The van der Waals surface area contributed by atoms with E-state index < -0.39 is 9.73 Å². The average molecular weight is 423 g/mol. The lowest BCUT2D eigenvalue weighted by Crippen LogP contribution is -2.47. The van der Waals surface area contributed by atoms with Crippen LogP contribution in [0.15, 0.2) is 53.7 Å². The maximum atomic E-state index is 11.9. The van der Waals surface area contributed by atoms with Crippen LogP contribution < -0.4 is 10.6 Å². The van der Waals surface area contributed by atoms with Crippen LogP contribution in [0.25, 0.3) is 11.0 Å². The second kappa shape index (κ2) is 6.84. The summed E-state index contributed by atoms with van der Waals surface area (Å²) < 4.78 is 22.0. The number of benzene rings is 1. The molecule has 7 nitrogen and oxygen atoms in total. The summed E-state index contributed by atoms with van der Waals surface area (Å²) in [5.41, 5.74) is 3.94. The van der Waals surface area contributed by atoms with Crippen LogP contribution in [0.1, 0.15) is 37.8 Å². The molecule has 1 aliphatic carbocycles. The Balaban J connectivity index is 1.54. The Morgan fingerprint density at radius 1 is 1.23 bits per heavy atom. The van der Waals surface area contributed by atoms with E-state index >= 15 is 0 Å². The molecule has 30 heavy (non-hydrogen) atoms. The topological polar surface area (TPSA) is 95.7 Å². The van der Waals surface area contributed by atoms with E-state index in [1.54, 1.807) is 12.1 Å². The fourth-order valence-electron chi connectivity index (χ4n) is 4.80. The fourth-order valence-corrected chi connectivity index (χ4v) is 5.45. The third kappa shape index (κ3) is 3.06. The number of fused-ring (bicyclic) bond motifs is 4. The Morgan fingerprint density at radius 3 is 2.67 bits per heavy atom. The lowest BCUT2D eigenvalue weighted by molar-refractivity contribution is 0.213. The van der Waals surface area contributed by atoms with Gasteiger partial charge in [-0.3, -0.25) is 0 Å². The van der Waals surface area contributed by atoms with Crippen molar-refractivity contribution in [2.75, 3.05) is 11.6 Å². The summed E-state index contributed by atoms with van der Waals surface area (Å²) in [5.74, 6) is 0.523. The molecule has 0 amide bonds. The van der Waals surface area contributed by atoms with Crippen LogP contribution in [0.3, 0.4) is 0 Å². The molecule has 1 saturated carbocycles. The third-order valence-electron chi connectivity index (χ3n) is 6.33. The molecule has 1 atom stereocenters. The molecule has 1 fully saturated rings. The maximum absolute atomic E-state index is 11.9. The van der Waals surface area contributed by atoms with Crippen LogP contribution in [-0.4, -0.2) is 25.0 Å². The Kier molecular flexibility index (Phi) is 4.36. The van der Waals surface area contributed by atoms with Crippen molar-refractivity contribution >= 4 is 32.4 Å². The monoisotopic (exact) mass is 422 g/mol. The second-order valence-electron chi connectivity index (χ2n) is 8.36. The van der Waals surface area contributed by atoms with E-state index in [-0.39, 0.29) is 5.54 Å². The summed E-state index contributed by atoms with van der Waals surface area (Å²) in [5, 5.41) is 7.79. The van der Waals surface area contributed by atoms with Crippen LogP contribution in [-0.2, 0) is 21.8 Å². The van der Waals surface area contributed by atoms with Crippen molar-refractivity contribution in [3.8, 4) is 0 Å². The lowest BCUT2D eigenvalue weighted by Gasteiger charge is -2.45. The summed E-state index contributed by atoms with van der Waals surface area (Å²) in [6.45, 7) is 5.12. The summed E-state index contributed by atoms with van der Waals surface area (Å²) >= 11 is 0. The van der Waals surface area contributed by atoms with E-state index in [0.717, 1.165) is 41.8 Å². The highest BCUT2D eigenvalue weighted by atomic mass is 32.2. The van der Waals surface area contributed by atoms with Gasteiger partial charge in [0.2, 0.25) is 5.95 Å². The number of nitrogens with one attached hydrogen (secondary N) is 3. The van der Waals surface area contributed by atoms with Gasteiger partial charge in [0, 0.05) is 39.8 Å². The van der Waals surface area contributed by atoms with E-state index in [1.165, 1.54) is 31.2 Å². The van der Waals surface area contributed by atoms with Gasteiger partial charge in [-0.1, -0.05) is 25.8 Å². The standard InChI is InChI=1S/C22H26N6OS/c1-15-22(10-4-3-5-11-22)28-18(14-24-15)12-16-13-25-21(27-20(16)28)26-17-6-8-19(9-7-17)30(2,23)29/h6-9,12-13,23-24H,1,3-5,10-11,14H2,2H3,(H,25,26,27). The molecule has 1 spiro atoms. The third-order valence-corrected chi connectivity index (χ3v) is 7.50. The van der Waals surface area contributed by atoms with Crippen LogP contribution in [0.4, 0.5) is 11.6 Å². The zero-order valence-corrected chi connectivity index (χ0v) is 17.9. The van der Waals surface area contributed by atoms with E-state index in [9.17, 15) is 4.21 Å². The zero-order valence-electron chi connectivity index (χ0n) is 17.1. The highest BCUT2D eigenvalue weighted by Gasteiger charge is 2.41. The molecule has 0 saturated heterocycles. The van der Waals surface area contributed by atoms with Gasteiger partial charge in [-0.05, 0) is 43.2 Å². The summed E-state index contributed by atoms with van der Waals surface area (Å²) in [4.78, 5) is 9.88. The number of rotatable bonds is 3. The van der Waals surface area contributed by atoms with Crippen molar-refractivity contribution in [1.29, 1.82) is 4.78 Å². The van der Waals surface area contributed by atoms with Gasteiger partial charge in [-0.2, -0.15) is 4.98 Å². The number of aromatic nitrogens is 3. The van der Waals surface area contributed by atoms with Gasteiger partial charge < -0.3 is 15.2 Å². The van der Waals surface area contributed by atoms with Crippen molar-refractivity contribution in [2.24, 2.45) is 0 Å². The first-order chi connectivity index (χ1) is 14.4. The van der Waals surface area contributed by atoms with Gasteiger partial charge in [0.05, 0.1) is 21.8 Å². The first-order valence-electron chi connectivity index (χ1n) is 10.3. The van der Waals surface area contributed by atoms with E-state index in [1.807, 2.05) is 18.3 Å². The molecule has 3 heterocycles. The van der Waals surface area contributed by atoms with Crippen LogP contribution in [0.5, 0.6) is 0 Å². The van der Waals surface area contributed by atoms with Gasteiger partial charge in [-0.15, -0.1) is 0 Å². The van der Waals surface area contributed by atoms with Crippen LogP contribution in [0, 0.1) is 4.78 Å². The Hall–Kier alpha value is -2.87. The maximum Gasteiger partial charge on any atom is 0.229 e. The minimum absolute atomic E-state index is 0.115. The SMILES string of the molecule is C=C1NCc2cc3cnc(Nc4ccc(S(C)(=N)=O)cc4)nc3n2C12CCCCC2. The fraction of sp³-hybridized carbons (Fsp3) is 0.364. The molecule has 0 bridgehead atoms. The first-order valence-corrected chi connectivity index (χ1v) is 12.3. The van der Waals surface area contributed by atoms with Crippen molar-refractivity contribution < 1.29 is 4.21 Å². The minimum Gasteiger partial charge on any atom is -0.381 e. The normalized spacial score (nSPS) is 19.8. The van der Waals surface area contributed by atoms with Gasteiger partial charge >= 0.3 is 0 Å². The van der Waals surface area contributed by atoms with Gasteiger partial charge in [0.1, 0.15) is 5.65 Å². The van der Waals surface area contributed by atoms with E-state index in [4.69, 9.17) is 9.76 Å². The molecule has 8 heteroatoms. The molecular formula is C22H26N6OS. The average Bonchev–Trinajstić information content (AvgIpc) is 3.10. The van der Waals surface area contributed by atoms with Gasteiger partial charge in [-0.25, -0.2) is 14.0 Å². The number of hydrogen-bond donors (Lipinski definition) is 3. The number of hydrogen-bond acceptors (Lipinski definition) is 6. The van der Waals surface area contributed by atoms with Gasteiger partial charge in [0.15, 0.2) is 0 Å². The summed E-state index contributed by atoms with van der Waals surface area (Å²) in [6.07, 6.45) is 9.10. The quantitative estimate of drug-likeness (QED) is 0.578. The van der Waals surface area contributed by atoms with Crippen molar-refractivity contribution in [3.63, 3.8) is 0 Å². The molecule has 2 aromatic heterocycles. The Morgan fingerprint density at radius 2 is 1.97 bits per heavy atom. The lowest BCUT2D eigenvalue weighted by atomic mass is 9.78. The zero-order chi connectivity index (χ0) is 20.9. The second-order valence-corrected chi connectivity index (χ2v) is 10.5. The van der Waals surface area contributed by atoms with Crippen LogP contribution in [0.2, 0.25) is 0 Å². The summed E-state index contributed by atoms with van der Waals surface area (Å²) in [7, 11) is -2.72. The number of nitrogens with zero attached hydrogens (tertiary/aromatic N) is 3. The van der Waals surface area contributed by atoms with Crippen molar-refractivity contribution in [3.05, 3.63) is 54.5 Å². The van der Waals surface area contributed by atoms with Crippen LogP contribution >= 0.6 is 0 Å². The van der Waals surface area contributed by atoms with Crippen molar-refractivity contribution in [2.45, 2.75) is 49.1 Å². The molecule has 2 aliphatic rings. The smallest absolute Gasteiger partial charge is 0.229 e. The molecule has 3 N–H and O–H groups in total. The minimum atomic E-state index is -2.72. The number of allylic oxidation sites excluding steroid dienone is 1. The number of anilines is 2. The predicted molar refractivity (Wildman–Crippen MR) is 119 cm³/mol. The molecular weight excluding hydrogens is 396 g/mol. The van der Waals surface area contributed by atoms with E-state index in [2.05, 4.69) is 32.8 Å². The van der Waals surface area contributed by atoms with Crippen molar-refractivity contribution in [1.82, 2.24) is 19.9 Å².